The minimum atomic E-state index is -0.872. The summed E-state index contributed by atoms with van der Waals surface area (Å²) in [6, 6.07) is -0.269. The summed E-state index contributed by atoms with van der Waals surface area (Å²) in [7, 11) is 1.60. The maximum Gasteiger partial charge on any atom is 0.317 e. The van der Waals surface area contributed by atoms with Gasteiger partial charge >= 0.3 is 18.0 Å². The van der Waals surface area contributed by atoms with Crippen LogP contribution in [-0.4, -0.2) is 54.7 Å². The number of aliphatic carboxylic acids is 1. The van der Waals surface area contributed by atoms with Gasteiger partial charge in [0.1, 0.15) is 0 Å². The van der Waals surface area contributed by atoms with Crippen LogP contribution in [0.1, 0.15) is 32.6 Å². The van der Waals surface area contributed by atoms with Crippen molar-refractivity contribution in [3.05, 3.63) is 0 Å². The highest BCUT2D eigenvalue weighted by molar-refractivity contribution is 5.74. The fraction of sp³-hybridized carbons (Fsp3) is 0.750. The molecule has 0 radical (unpaired) electrons. The Morgan fingerprint density at radius 1 is 1.21 bits per heavy atom. The number of amides is 2. The summed E-state index contributed by atoms with van der Waals surface area (Å²) in [6.45, 7) is 2.88. The average molecular weight is 274 g/mol. The van der Waals surface area contributed by atoms with Crippen LogP contribution in [0, 0.1) is 0 Å². The van der Waals surface area contributed by atoms with E-state index in [0.717, 1.165) is 0 Å². The van der Waals surface area contributed by atoms with E-state index in [0.29, 0.717) is 32.5 Å². The second kappa shape index (κ2) is 10.2. The molecule has 0 unspecified atom stereocenters. The monoisotopic (exact) mass is 274 g/mol. The smallest absolute Gasteiger partial charge is 0.317 e. The molecule has 0 aromatic heterocycles. The fourth-order valence-electron chi connectivity index (χ4n) is 1.37. The van der Waals surface area contributed by atoms with E-state index >= 15 is 0 Å². The molecule has 2 amide bonds. The summed E-state index contributed by atoms with van der Waals surface area (Å²) in [6.07, 6.45) is 1.26. The van der Waals surface area contributed by atoms with Crippen LogP contribution in [0.3, 0.4) is 0 Å². The summed E-state index contributed by atoms with van der Waals surface area (Å²) in [5.74, 6) is -1.14. The number of nitrogens with zero attached hydrogens (tertiary/aromatic N) is 1. The molecule has 0 aliphatic heterocycles. The Kier molecular flexibility index (Phi) is 9.20. The van der Waals surface area contributed by atoms with E-state index in [-0.39, 0.29) is 24.8 Å². The molecule has 7 heteroatoms. The number of nitrogens with one attached hydrogen (secondary N) is 1. The molecule has 0 rings (SSSR count). The molecular formula is C12H22N2O5. The number of ether oxygens (including phenoxy) is 1. The highest BCUT2D eigenvalue weighted by Crippen LogP contribution is 1.95. The Bertz CT molecular complexity index is 306. The Morgan fingerprint density at radius 2 is 1.89 bits per heavy atom. The van der Waals surface area contributed by atoms with Crippen LogP contribution in [0.15, 0.2) is 0 Å². The van der Waals surface area contributed by atoms with Crippen LogP contribution in [0.4, 0.5) is 4.79 Å². The molecule has 0 aliphatic rings. The van der Waals surface area contributed by atoms with E-state index in [9.17, 15) is 14.4 Å². The van der Waals surface area contributed by atoms with Gasteiger partial charge in [-0.05, 0) is 19.8 Å². The molecule has 0 aliphatic carbocycles. The topological polar surface area (TPSA) is 95.9 Å². The van der Waals surface area contributed by atoms with Crippen molar-refractivity contribution in [2.75, 3.05) is 26.7 Å². The standard InChI is InChI=1S/C12H22N2O5/c1-3-19-11(17)7-4-8-13-12(18)14(2)9-5-6-10(15)16/h3-9H2,1-2H3,(H,13,18)(H,15,16). The van der Waals surface area contributed by atoms with Gasteiger partial charge in [0.2, 0.25) is 0 Å². The number of carbonyl (C=O) groups is 3. The summed E-state index contributed by atoms with van der Waals surface area (Å²) < 4.78 is 4.75. The van der Waals surface area contributed by atoms with Crippen LogP contribution < -0.4 is 5.32 Å². The van der Waals surface area contributed by atoms with Crippen LogP contribution in [0.2, 0.25) is 0 Å². The zero-order valence-corrected chi connectivity index (χ0v) is 11.5. The molecule has 0 fully saturated rings. The summed E-state index contributed by atoms with van der Waals surface area (Å²) in [5.41, 5.74) is 0. The molecule has 7 nitrogen and oxygen atoms in total. The first-order chi connectivity index (χ1) is 8.97. The van der Waals surface area contributed by atoms with Gasteiger partial charge in [0.05, 0.1) is 6.61 Å². The summed E-state index contributed by atoms with van der Waals surface area (Å²) >= 11 is 0. The van der Waals surface area contributed by atoms with Crippen molar-refractivity contribution in [2.45, 2.75) is 32.6 Å². The number of carbonyl (C=O) groups excluding carboxylic acids is 2. The lowest BCUT2D eigenvalue weighted by Gasteiger charge is -2.17. The molecule has 0 aromatic rings. The minimum absolute atomic E-state index is 0.0421. The van der Waals surface area contributed by atoms with Crippen molar-refractivity contribution < 1.29 is 24.2 Å². The van der Waals surface area contributed by atoms with Crippen molar-refractivity contribution in [3.63, 3.8) is 0 Å². The lowest BCUT2D eigenvalue weighted by Crippen LogP contribution is -2.38. The first-order valence-electron chi connectivity index (χ1n) is 6.33. The minimum Gasteiger partial charge on any atom is -0.481 e. The van der Waals surface area contributed by atoms with Crippen molar-refractivity contribution in [1.29, 1.82) is 0 Å². The highest BCUT2D eigenvalue weighted by Gasteiger charge is 2.08. The average Bonchev–Trinajstić information content (AvgIpc) is 2.34. The normalized spacial score (nSPS) is 9.79. The Balaban J connectivity index is 3.62. The van der Waals surface area contributed by atoms with E-state index in [4.69, 9.17) is 9.84 Å². The molecule has 0 heterocycles. The van der Waals surface area contributed by atoms with E-state index in [1.54, 1.807) is 14.0 Å². The number of hydrogen-bond acceptors (Lipinski definition) is 4. The van der Waals surface area contributed by atoms with Gasteiger partial charge < -0.3 is 20.1 Å². The van der Waals surface area contributed by atoms with Crippen LogP contribution in [0.5, 0.6) is 0 Å². The number of carboxylic acids is 1. The molecule has 19 heavy (non-hydrogen) atoms. The Morgan fingerprint density at radius 3 is 2.47 bits per heavy atom. The largest absolute Gasteiger partial charge is 0.481 e. The second-order valence-corrected chi connectivity index (χ2v) is 4.06. The third-order valence-corrected chi connectivity index (χ3v) is 2.37. The van der Waals surface area contributed by atoms with Gasteiger partial charge in [0.25, 0.3) is 0 Å². The van der Waals surface area contributed by atoms with Crippen molar-refractivity contribution in [2.24, 2.45) is 0 Å². The van der Waals surface area contributed by atoms with E-state index in [1.165, 1.54) is 4.90 Å². The number of hydrogen-bond donors (Lipinski definition) is 2. The van der Waals surface area contributed by atoms with Crippen LogP contribution in [-0.2, 0) is 14.3 Å². The predicted molar refractivity (Wildman–Crippen MR) is 68.8 cm³/mol. The SMILES string of the molecule is CCOC(=O)CCCNC(=O)N(C)CCCC(=O)O. The van der Waals surface area contributed by atoms with Crippen LogP contribution >= 0.6 is 0 Å². The summed E-state index contributed by atoms with van der Waals surface area (Å²) in [5, 5.41) is 11.1. The molecule has 0 saturated carbocycles. The maximum atomic E-state index is 11.5. The molecule has 0 saturated heterocycles. The van der Waals surface area contributed by atoms with E-state index in [1.807, 2.05) is 0 Å². The first-order valence-corrected chi connectivity index (χ1v) is 6.33. The molecular weight excluding hydrogens is 252 g/mol. The van der Waals surface area contributed by atoms with E-state index in [2.05, 4.69) is 5.32 Å². The van der Waals surface area contributed by atoms with Crippen molar-refractivity contribution in [1.82, 2.24) is 10.2 Å². The lowest BCUT2D eigenvalue weighted by molar-refractivity contribution is -0.143. The van der Waals surface area contributed by atoms with Gasteiger partial charge in [0, 0.05) is 33.0 Å². The molecule has 0 spiro atoms. The third-order valence-electron chi connectivity index (χ3n) is 2.37. The Labute approximate surface area is 112 Å². The number of carboxylic acid groups (broad SMARTS) is 1. The van der Waals surface area contributed by atoms with Gasteiger partial charge in [-0.15, -0.1) is 0 Å². The third kappa shape index (κ3) is 9.87. The first kappa shape index (κ1) is 17.2. The number of urea groups is 1. The quantitative estimate of drug-likeness (QED) is 0.479. The zero-order valence-electron chi connectivity index (χ0n) is 11.5. The predicted octanol–water partition coefficient (Wildman–Crippen LogP) is 0.836. The molecule has 0 atom stereocenters. The van der Waals surface area contributed by atoms with Crippen molar-refractivity contribution in [3.8, 4) is 0 Å². The number of rotatable bonds is 9. The molecule has 0 bridgehead atoms. The molecule has 2 N–H and O–H groups in total. The zero-order chi connectivity index (χ0) is 14.7. The number of esters is 1. The Hall–Kier alpha value is -1.79. The van der Waals surface area contributed by atoms with Gasteiger partial charge in [-0.2, -0.15) is 0 Å². The molecule has 0 aromatic carbocycles. The van der Waals surface area contributed by atoms with Gasteiger partial charge in [-0.3, -0.25) is 9.59 Å². The summed E-state index contributed by atoms with van der Waals surface area (Å²) in [4.78, 5) is 34.3. The second-order valence-electron chi connectivity index (χ2n) is 4.06. The van der Waals surface area contributed by atoms with Gasteiger partial charge in [-0.25, -0.2) is 4.79 Å². The lowest BCUT2D eigenvalue weighted by atomic mass is 10.3. The van der Waals surface area contributed by atoms with Gasteiger partial charge in [-0.1, -0.05) is 0 Å². The van der Waals surface area contributed by atoms with Crippen molar-refractivity contribution >= 4 is 18.0 Å². The fourth-order valence-corrected chi connectivity index (χ4v) is 1.37. The van der Waals surface area contributed by atoms with Crippen LogP contribution in [0.25, 0.3) is 0 Å². The van der Waals surface area contributed by atoms with E-state index < -0.39 is 5.97 Å². The highest BCUT2D eigenvalue weighted by atomic mass is 16.5. The van der Waals surface area contributed by atoms with Gasteiger partial charge in [0.15, 0.2) is 0 Å². The maximum absolute atomic E-state index is 11.5. The molecule has 110 valence electrons.